The van der Waals surface area contributed by atoms with Crippen molar-refractivity contribution in [3.63, 3.8) is 0 Å². The van der Waals surface area contributed by atoms with Gasteiger partial charge in [-0.2, -0.15) is 0 Å². The molecule has 0 saturated carbocycles. The van der Waals surface area contributed by atoms with Crippen molar-refractivity contribution in [3.05, 3.63) is 59.3 Å². The molecule has 0 spiro atoms. The monoisotopic (exact) mass is 324 g/mol. The van der Waals surface area contributed by atoms with Crippen LogP contribution in [-0.2, 0) is 6.54 Å². The fourth-order valence-corrected chi connectivity index (χ4v) is 3.59. The molecule has 1 saturated heterocycles. The van der Waals surface area contributed by atoms with Crippen LogP contribution in [0.25, 0.3) is 0 Å². The SMILES string of the molecule is C=[N+](C)[C@@H]1CN(Cc2ccccc2)C[C@H]1c1cc(C)nc(OC)c1. The molecule has 2 aromatic rings. The molecule has 24 heavy (non-hydrogen) atoms. The third-order valence-electron chi connectivity index (χ3n) is 4.77. The Morgan fingerprint density at radius 1 is 1.25 bits per heavy atom. The van der Waals surface area contributed by atoms with E-state index in [1.165, 1.54) is 11.1 Å². The summed E-state index contributed by atoms with van der Waals surface area (Å²) >= 11 is 0. The van der Waals surface area contributed by atoms with Crippen LogP contribution in [0.4, 0.5) is 0 Å². The number of benzene rings is 1. The number of likely N-dealkylation sites (tertiary alicyclic amines) is 1. The molecular weight excluding hydrogens is 298 g/mol. The van der Waals surface area contributed by atoms with E-state index in [1.807, 2.05) is 6.92 Å². The lowest BCUT2D eigenvalue weighted by molar-refractivity contribution is -0.528. The maximum Gasteiger partial charge on any atom is 0.213 e. The van der Waals surface area contributed by atoms with Crippen molar-refractivity contribution in [3.8, 4) is 5.88 Å². The van der Waals surface area contributed by atoms with Gasteiger partial charge in [-0.3, -0.25) is 4.90 Å². The van der Waals surface area contributed by atoms with Crippen LogP contribution in [0.5, 0.6) is 5.88 Å². The molecule has 0 bridgehead atoms. The smallest absolute Gasteiger partial charge is 0.213 e. The van der Waals surface area contributed by atoms with Gasteiger partial charge in [0.15, 0.2) is 6.04 Å². The largest absolute Gasteiger partial charge is 0.481 e. The summed E-state index contributed by atoms with van der Waals surface area (Å²) in [5.74, 6) is 1.10. The first-order chi connectivity index (χ1) is 11.6. The number of aromatic nitrogens is 1. The fraction of sp³-hybridized carbons (Fsp3) is 0.400. The molecule has 1 aromatic heterocycles. The van der Waals surface area contributed by atoms with E-state index in [9.17, 15) is 0 Å². The first kappa shape index (κ1) is 16.7. The summed E-state index contributed by atoms with van der Waals surface area (Å²) in [7, 11) is 3.74. The van der Waals surface area contributed by atoms with E-state index >= 15 is 0 Å². The molecule has 0 unspecified atom stereocenters. The number of aryl methyl sites for hydroxylation is 1. The first-order valence-corrected chi connectivity index (χ1v) is 8.39. The molecule has 2 atom stereocenters. The van der Waals surface area contributed by atoms with Crippen molar-refractivity contribution in [2.45, 2.75) is 25.4 Å². The van der Waals surface area contributed by atoms with Crippen molar-refractivity contribution in [2.75, 3.05) is 27.2 Å². The molecule has 126 valence electrons. The third-order valence-corrected chi connectivity index (χ3v) is 4.77. The zero-order valence-electron chi connectivity index (χ0n) is 14.8. The van der Waals surface area contributed by atoms with E-state index in [2.05, 4.69) is 70.7 Å². The van der Waals surface area contributed by atoms with Gasteiger partial charge in [0.2, 0.25) is 5.88 Å². The molecule has 4 heteroatoms. The number of hydrogen-bond donors (Lipinski definition) is 0. The Labute approximate surface area is 144 Å². The van der Waals surface area contributed by atoms with Crippen LogP contribution in [0.3, 0.4) is 0 Å². The Hall–Kier alpha value is -2.20. The molecule has 2 heterocycles. The second-order valence-electron chi connectivity index (χ2n) is 6.69. The highest BCUT2D eigenvalue weighted by Gasteiger charge is 2.39. The lowest BCUT2D eigenvalue weighted by Crippen LogP contribution is -2.29. The fourth-order valence-electron chi connectivity index (χ4n) is 3.59. The molecule has 3 rings (SSSR count). The van der Waals surface area contributed by atoms with Crippen LogP contribution in [0, 0.1) is 6.92 Å². The molecule has 1 aromatic carbocycles. The van der Waals surface area contributed by atoms with E-state index in [-0.39, 0.29) is 0 Å². The van der Waals surface area contributed by atoms with Crippen molar-refractivity contribution in [1.82, 2.24) is 9.88 Å². The third kappa shape index (κ3) is 3.65. The van der Waals surface area contributed by atoms with E-state index in [1.54, 1.807) is 7.11 Å². The van der Waals surface area contributed by atoms with Gasteiger partial charge in [0.05, 0.1) is 19.6 Å². The number of nitrogens with zero attached hydrogens (tertiary/aromatic N) is 3. The Morgan fingerprint density at radius 3 is 2.67 bits per heavy atom. The molecular formula is C20H26N3O+. The van der Waals surface area contributed by atoms with Crippen LogP contribution in [0.1, 0.15) is 22.7 Å². The van der Waals surface area contributed by atoms with Crippen molar-refractivity contribution < 1.29 is 9.31 Å². The summed E-state index contributed by atoms with van der Waals surface area (Å²) in [6, 6.07) is 15.3. The minimum atomic E-state index is 0.389. The van der Waals surface area contributed by atoms with Gasteiger partial charge >= 0.3 is 0 Å². The van der Waals surface area contributed by atoms with Gasteiger partial charge in [-0.05, 0) is 24.1 Å². The average molecular weight is 324 g/mol. The van der Waals surface area contributed by atoms with Gasteiger partial charge in [-0.25, -0.2) is 9.56 Å². The number of hydrogen-bond acceptors (Lipinski definition) is 3. The quantitative estimate of drug-likeness (QED) is 0.625. The second kappa shape index (κ2) is 7.14. The van der Waals surface area contributed by atoms with E-state index in [0.717, 1.165) is 25.3 Å². The zero-order chi connectivity index (χ0) is 17.1. The predicted molar refractivity (Wildman–Crippen MR) is 97.1 cm³/mol. The summed E-state index contributed by atoms with van der Waals surface area (Å²) < 4.78 is 7.45. The predicted octanol–water partition coefficient (Wildman–Crippen LogP) is 2.71. The van der Waals surface area contributed by atoms with Crippen LogP contribution in [0.15, 0.2) is 42.5 Å². The summed E-state index contributed by atoms with van der Waals surface area (Å²) in [5, 5.41) is 0. The van der Waals surface area contributed by atoms with Crippen molar-refractivity contribution in [1.29, 1.82) is 0 Å². The van der Waals surface area contributed by atoms with Gasteiger partial charge in [-0.15, -0.1) is 0 Å². The minimum Gasteiger partial charge on any atom is -0.481 e. The normalized spacial score (nSPS) is 21.0. The molecule has 0 N–H and O–H groups in total. The van der Waals surface area contributed by atoms with Crippen LogP contribution in [-0.4, -0.2) is 54.5 Å². The van der Waals surface area contributed by atoms with Crippen LogP contribution >= 0.6 is 0 Å². The Morgan fingerprint density at radius 2 is 2.00 bits per heavy atom. The lowest BCUT2D eigenvalue weighted by Gasteiger charge is -2.16. The first-order valence-electron chi connectivity index (χ1n) is 8.39. The van der Waals surface area contributed by atoms with E-state index < -0.39 is 0 Å². The second-order valence-corrected chi connectivity index (χ2v) is 6.69. The topological polar surface area (TPSA) is 28.4 Å². The Balaban J connectivity index is 1.83. The average Bonchev–Trinajstić information content (AvgIpc) is 2.99. The highest BCUT2D eigenvalue weighted by molar-refractivity contribution is 5.30. The van der Waals surface area contributed by atoms with Gasteiger partial charge in [0.25, 0.3) is 0 Å². The van der Waals surface area contributed by atoms with Crippen LogP contribution in [0.2, 0.25) is 0 Å². The Kier molecular flexibility index (Phi) is 4.95. The van der Waals surface area contributed by atoms with Crippen molar-refractivity contribution >= 4 is 6.72 Å². The number of methoxy groups -OCH3 is 1. The lowest BCUT2D eigenvalue weighted by atomic mass is 9.94. The molecule has 1 aliphatic heterocycles. The molecule has 0 radical (unpaired) electrons. The minimum absolute atomic E-state index is 0.389. The highest BCUT2D eigenvalue weighted by atomic mass is 16.5. The van der Waals surface area contributed by atoms with Crippen molar-refractivity contribution in [2.24, 2.45) is 0 Å². The molecule has 1 fully saturated rings. The summed E-state index contributed by atoms with van der Waals surface area (Å²) in [4.78, 5) is 6.92. The number of likely N-dealkylation sites (N-methyl/N-ethyl adjacent to an activating group) is 1. The molecule has 4 nitrogen and oxygen atoms in total. The Bertz CT molecular complexity index is 714. The zero-order valence-corrected chi connectivity index (χ0v) is 14.8. The van der Waals surface area contributed by atoms with Gasteiger partial charge in [0.1, 0.15) is 13.8 Å². The van der Waals surface area contributed by atoms with Gasteiger partial charge in [-0.1, -0.05) is 30.3 Å². The maximum atomic E-state index is 5.36. The molecule has 1 aliphatic rings. The molecule has 0 amide bonds. The van der Waals surface area contributed by atoms with Gasteiger partial charge in [0, 0.05) is 24.8 Å². The maximum absolute atomic E-state index is 5.36. The summed E-state index contributed by atoms with van der Waals surface area (Å²) in [6.07, 6.45) is 0. The number of pyridine rings is 1. The number of rotatable bonds is 5. The van der Waals surface area contributed by atoms with Crippen LogP contribution < -0.4 is 4.74 Å². The highest BCUT2D eigenvalue weighted by Crippen LogP contribution is 2.32. The standard InChI is InChI=1S/C20H26N3O/c1-15-10-17(11-20(21-15)24-4)18-13-23(14-19(18)22(2)3)12-16-8-6-5-7-9-16/h5-11,18-19H,2,12-14H2,1,3-4H3/q+1/t18-,19+/m0/s1. The summed E-state index contributed by atoms with van der Waals surface area (Å²) in [6.45, 7) is 9.19. The van der Waals surface area contributed by atoms with Gasteiger partial charge < -0.3 is 4.74 Å². The van der Waals surface area contributed by atoms with E-state index in [0.29, 0.717) is 17.8 Å². The van der Waals surface area contributed by atoms with E-state index in [4.69, 9.17) is 4.74 Å². The number of ether oxygens (including phenoxy) is 1. The summed E-state index contributed by atoms with van der Waals surface area (Å²) in [5.41, 5.74) is 3.64. The molecule has 0 aliphatic carbocycles.